The lowest BCUT2D eigenvalue weighted by Crippen LogP contribution is -2.50. The van der Waals surface area contributed by atoms with Gasteiger partial charge in [0.25, 0.3) is 0 Å². The van der Waals surface area contributed by atoms with E-state index < -0.39 is 99.7 Å². The van der Waals surface area contributed by atoms with Crippen LogP contribution in [0.1, 0.15) is 57.7 Å². The van der Waals surface area contributed by atoms with Crippen molar-refractivity contribution >= 4 is 23.4 Å². The fourth-order valence-corrected chi connectivity index (χ4v) is 6.93. The van der Waals surface area contributed by atoms with Gasteiger partial charge in [0.2, 0.25) is 5.91 Å². The van der Waals surface area contributed by atoms with E-state index in [9.17, 15) is 25.4 Å². The first-order chi connectivity index (χ1) is 28.6. The molecule has 0 saturated carbocycles. The van der Waals surface area contributed by atoms with Gasteiger partial charge in [-0.05, 0) is 66.7 Å². The molecule has 1 fully saturated rings. The number of carbonyl (C=O) groups excluding carboxylic acids is 1. The van der Waals surface area contributed by atoms with Crippen molar-refractivity contribution in [1.82, 2.24) is 9.80 Å². The molecule has 1 saturated heterocycles. The average molecular weight is 760 g/mol. The summed E-state index contributed by atoms with van der Waals surface area (Å²) in [6.45, 7) is -0.208. The summed E-state index contributed by atoms with van der Waals surface area (Å²) in [5.74, 6) is -4.18. The summed E-state index contributed by atoms with van der Waals surface area (Å²) in [7, 11) is 1.57. The highest BCUT2D eigenvalue weighted by molar-refractivity contribution is 8.02. The second kappa shape index (κ2) is 16.8. The van der Waals surface area contributed by atoms with Crippen molar-refractivity contribution in [1.29, 1.82) is 0 Å². The van der Waals surface area contributed by atoms with Crippen LogP contribution in [-0.4, -0.2) is 66.7 Å². The number of fused-ring (bicyclic) bond motifs is 1. The van der Waals surface area contributed by atoms with Gasteiger partial charge < -0.3 is 24.5 Å². The lowest BCUT2D eigenvalue weighted by Gasteiger charge is -2.40. The van der Waals surface area contributed by atoms with Crippen LogP contribution in [0.4, 0.5) is 27.6 Å². The van der Waals surface area contributed by atoms with Crippen molar-refractivity contribution in [3.05, 3.63) is 135 Å². The van der Waals surface area contributed by atoms with Crippen LogP contribution in [0.3, 0.4) is 0 Å². The number of methoxy groups -OCH3 is 1. The lowest BCUT2D eigenvalue weighted by molar-refractivity contribution is -0.137. The molecule has 0 aromatic heterocycles. The number of anilines is 1. The van der Waals surface area contributed by atoms with Crippen LogP contribution in [0.5, 0.6) is 0 Å². The summed E-state index contributed by atoms with van der Waals surface area (Å²) >= 11 is -0.000675. The van der Waals surface area contributed by atoms with Crippen LogP contribution in [-0.2, 0) is 28.0 Å². The number of piperidine rings is 1. The molecule has 2 aliphatic heterocycles. The first kappa shape index (κ1) is 29.2. The van der Waals surface area contributed by atoms with Crippen molar-refractivity contribution in [2.45, 2.75) is 50.3 Å². The number of benzene rings is 4. The quantitative estimate of drug-likeness (QED) is 0.146. The lowest BCUT2D eigenvalue weighted by atomic mass is 9.99. The minimum absolute atomic E-state index is 0.000675. The SMILES string of the molecule is [2H]C1=C(SC([2H])([2H])c2cccc(F)c2F)N(C([2H])([2H])C(=O)N(Cc2ccc(-c3ccc(C(F)(F)F)cc3)cc2)C2CCN(CCOC)CC2)c2c([2H])c([2H])c(C)c([2H])c2C1O. The summed E-state index contributed by atoms with van der Waals surface area (Å²) in [4.78, 5) is 19.0. The molecular weight excluding hydrogens is 710 g/mol. The number of hydrogen-bond acceptors (Lipinski definition) is 6. The predicted octanol–water partition coefficient (Wildman–Crippen LogP) is 8.73. The summed E-state index contributed by atoms with van der Waals surface area (Å²) < 4.78 is 147. The Kier molecular flexibility index (Phi) is 9.27. The molecule has 1 N–H and O–H groups in total. The zero-order valence-corrected chi connectivity index (χ0v) is 29.7. The van der Waals surface area contributed by atoms with Gasteiger partial charge in [-0.15, -0.1) is 11.8 Å². The van der Waals surface area contributed by atoms with E-state index in [1.807, 2.05) is 0 Å². The van der Waals surface area contributed by atoms with Crippen molar-refractivity contribution < 1.29 is 47.6 Å². The molecule has 0 aliphatic carbocycles. The molecule has 12 heteroatoms. The van der Waals surface area contributed by atoms with E-state index in [0.717, 1.165) is 30.3 Å². The maximum absolute atomic E-state index is 15.1. The molecule has 280 valence electrons. The third-order valence-corrected chi connectivity index (χ3v) is 9.86. The number of hydrogen-bond donors (Lipinski definition) is 1. The fraction of sp³-hybridized carbons (Fsp3) is 0.341. The van der Waals surface area contributed by atoms with E-state index in [4.69, 9.17) is 13.0 Å². The standard InChI is InChI=1S/C41H42F5N3O3S/c1-27-6-15-36-34(22-27)37(50)23-39(53-26-31-4-3-5-35(42)40(31)43)49(36)25-38(51)48(33-16-18-47(19-17-33)20-21-52-2)24-28-7-9-29(10-8-28)30-11-13-32(14-12-30)41(44,45)46/h3-15,22-23,33,37,50H,16-21,24-26H2,1-2H3/i6D,15D,22D,23D,25D2,26D2. The van der Waals surface area contributed by atoms with Crippen LogP contribution in [0.2, 0.25) is 0 Å². The zero-order chi connectivity index (χ0) is 44.8. The number of aliphatic hydroxyl groups excluding tert-OH is 1. The third kappa shape index (κ3) is 9.29. The highest BCUT2D eigenvalue weighted by atomic mass is 32.2. The zero-order valence-electron chi connectivity index (χ0n) is 36.9. The predicted molar refractivity (Wildman–Crippen MR) is 198 cm³/mol. The topological polar surface area (TPSA) is 56.3 Å². The number of nitrogens with zero attached hydrogens (tertiary/aromatic N) is 3. The summed E-state index contributed by atoms with van der Waals surface area (Å²) in [6.07, 6.45) is -5.86. The van der Waals surface area contributed by atoms with E-state index in [1.165, 1.54) is 24.0 Å². The van der Waals surface area contributed by atoms with Crippen molar-refractivity contribution in [3.63, 3.8) is 0 Å². The van der Waals surface area contributed by atoms with Gasteiger partial charge in [-0.1, -0.05) is 66.2 Å². The molecule has 6 rings (SSSR count). The third-order valence-electron chi connectivity index (χ3n) is 9.05. The molecule has 53 heavy (non-hydrogen) atoms. The number of amides is 1. The van der Waals surface area contributed by atoms with Crippen LogP contribution >= 0.6 is 11.8 Å². The Morgan fingerprint density at radius 2 is 1.72 bits per heavy atom. The van der Waals surface area contributed by atoms with E-state index in [0.29, 0.717) is 60.7 Å². The number of aliphatic hydroxyl groups is 1. The maximum atomic E-state index is 15.1. The summed E-state index contributed by atoms with van der Waals surface area (Å²) in [6, 6.07) is 10.6. The normalized spacial score (nSPS) is 19.6. The molecular formula is C41H42F5N3O3S. The highest BCUT2D eigenvalue weighted by Crippen LogP contribution is 2.41. The second-order valence-corrected chi connectivity index (χ2v) is 13.4. The largest absolute Gasteiger partial charge is 0.416 e. The molecule has 1 atom stereocenters. The maximum Gasteiger partial charge on any atom is 0.416 e. The smallest absolute Gasteiger partial charge is 0.384 e. The average Bonchev–Trinajstić information content (AvgIpc) is 3.22. The minimum atomic E-state index is -4.52. The number of likely N-dealkylation sites (tertiary alicyclic amines) is 1. The van der Waals surface area contributed by atoms with Gasteiger partial charge in [0.05, 0.1) is 25.4 Å². The van der Waals surface area contributed by atoms with Crippen LogP contribution in [0, 0.1) is 18.6 Å². The van der Waals surface area contributed by atoms with E-state index in [-0.39, 0.29) is 23.9 Å². The summed E-state index contributed by atoms with van der Waals surface area (Å²) in [5, 5.41) is 10.7. The Morgan fingerprint density at radius 1 is 1.04 bits per heavy atom. The Labute approximate surface area is 322 Å². The molecule has 2 heterocycles. The minimum Gasteiger partial charge on any atom is -0.384 e. The molecule has 4 aromatic rings. The van der Waals surface area contributed by atoms with Gasteiger partial charge >= 0.3 is 6.18 Å². The molecule has 0 spiro atoms. The molecule has 1 unspecified atom stereocenters. The molecule has 2 aliphatic rings. The van der Waals surface area contributed by atoms with Gasteiger partial charge in [-0.2, -0.15) is 13.2 Å². The number of rotatable bonds is 12. The van der Waals surface area contributed by atoms with Crippen LogP contribution in [0.25, 0.3) is 11.1 Å². The Balaban J connectivity index is 1.44. The molecule has 0 bridgehead atoms. The first-order valence-electron chi connectivity index (χ1n) is 20.8. The number of thioether (sulfide) groups is 1. The van der Waals surface area contributed by atoms with E-state index in [1.54, 1.807) is 31.4 Å². The number of alkyl halides is 3. The highest BCUT2D eigenvalue weighted by Gasteiger charge is 2.33. The first-order valence-corrected chi connectivity index (χ1v) is 17.6. The van der Waals surface area contributed by atoms with Crippen LogP contribution < -0.4 is 4.90 Å². The van der Waals surface area contributed by atoms with Gasteiger partial charge in [0.1, 0.15) is 12.6 Å². The Morgan fingerprint density at radius 3 is 2.38 bits per heavy atom. The van der Waals surface area contributed by atoms with Gasteiger partial charge in [0, 0.05) is 64.6 Å². The van der Waals surface area contributed by atoms with Gasteiger partial charge in [0.15, 0.2) is 11.6 Å². The van der Waals surface area contributed by atoms with Crippen molar-refractivity contribution in [3.8, 4) is 11.1 Å². The van der Waals surface area contributed by atoms with Gasteiger partial charge in [-0.3, -0.25) is 4.79 Å². The molecule has 0 radical (unpaired) electrons. The van der Waals surface area contributed by atoms with Crippen LogP contribution in [0.15, 0.2) is 95.9 Å². The second-order valence-electron chi connectivity index (χ2n) is 12.6. The Bertz CT molecular complexity index is 2310. The van der Waals surface area contributed by atoms with Crippen molar-refractivity contribution in [2.24, 2.45) is 0 Å². The monoisotopic (exact) mass is 759 g/mol. The molecule has 6 nitrogen and oxygen atoms in total. The number of ether oxygens (including phenoxy) is 1. The van der Waals surface area contributed by atoms with E-state index in [2.05, 4.69) is 4.90 Å². The summed E-state index contributed by atoms with van der Waals surface area (Å²) in [5.41, 5.74) is -4.27. The van der Waals surface area contributed by atoms with Gasteiger partial charge in [-0.25, -0.2) is 8.78 Å². The van der Waals surface area contributed by atoms with E-state index >= 15 is 9.18 Å². The molecule has 1 amide bonds. The Hall–Kier alpha value is -4.23. The molecule has 4 aromatic carbocycles. The number of carbonyl (C=O) groups is 1. The fourth-order valence-electron chi connectivity index (χ4n) is 6.16. The van der Waals surface area contributed by atoms with Crippen molar-refractivity contribution in [2.75, 3.05) is 44.7 Å². The number of halogens is 5.